The number of carbonyl (C=O) groups is 1. The summed E-state index contributed by atoms with van der Waals surface area (Å²) in [6, 6.07) is 2.43. The van der Waals surface area contributed by atoms with Crippen molar-refractivity contribution in [1.82, 2.24) is 15.1 Å². The Morgan fingerprint density at radius 3 is 2.57 bits per heavy atom. The normalized spacial score (nSPS) is 25.0. The Balaban J connectivity index is 2.03. The summed E-state index contributed by atoms with van der Waals surface area (Å²) in [5.41, 5.74) is -0.589. The van der Waals surface area contributed by atoms with Crippen molar-refractivity contribution in [2.75, 3.05) is 33.2 Å². The van der Waals surface area contributed by atoms with E-state index < -0.39 is 5.54 Å². The zero-order valence-electron chi connectivity index (χ0n) is 13.6. The van der Waals surface area contributed by atoms with Gasteiger partial charge in [-0.25, -0.2) is 0 Å². The largest absolute Gasteiger partial charge is 0.326 e. The van der Waals surface area contributed by atoms with E-state index in [-0.39, 0.29) is 11.4 Å². The Morgan fingerprint density at radius 1 is 1.33 bits per heavy atom. The number of amides is 1. The van der Waals surface area contributed by atoms with E-state index in [9.17, 15) is 10.1 Å². The van der Waals surface area contributed by atoms with Crippen LogP contribution in [0, 0.1) is 11.3 Å². The highest BCUT2D eigenvalue weighted by molar-refractivity contribution is 5.79. The Kier molecular flexibility index (Phi) is 4.90. The van der Waals surface area contributed by atoms with Gasteiger partial charge in [0.2, 0.25) is 5.91 Å². The second kappa shape index (κ2) is 6.33. The molecule has 0 spiro atoms. The molecule has 1 heterocycles. The number of piperazine rings is 1. The molecule has 0 unspecified atom stereocenters. The lowest BCUT2D eigenvalue weighted by atomic mass is 9.81. The predicted octanol–water partition coefficient (Wildman–Crippen LogP) is 1.36. The Bertz CT molecular complexity index is 420. The number of rotatable bonds is 3. The van der Waals surface area contributed by atoms with Crippen LogP contribution in [-0.2, 0) is 4.79 Å². The summed E-state index contributed by atoms with van der Waals surface area (Å²) < 4.78 is 0. The molecule has 2 rings (SSSR count). The summed E-state index contributed by atoms with van der Waals surface area (Å²) in [6.45, 7) is 7.43. The van der Waals surface area contributed by atoms with E-state index in [1.165, 1.54) is 6.42 Å². The second-order valence-electron chi connectivity index (χ2n) is 7.07. The van der Waals surface area contributed by atoms with Crippen molar-refractivity contribution in [1.29, 1.82) is 5.26 Å². The van der Waals surface area contributed by atoms with Crippen molar-refractivity contribution < 1.29 is 4.79 Å². The van der Waals surface area contributed by atoms with Gasteiger partial charge in [-0.3, -0.25) is 9.69 Å². The third-order valence-corrected chi connectivity index (χ3v) is 5.20. The molecule has 0 aromatic carbocycles. The maximum Gasteiger partial charge on any atom is 0.237 e. The number of likely N-dealkylation sites (N-methyl/N-ethyl adjacent to an activating group) is 1. The molecule has 5 nitrogen and oxygen atoms in total. The first kappa shape index (κ1) is 16.3. The van der Waals surface area contributed by atoms with Crippen molar-refractivity contribution in [2.45, 2.75) is 57.0 Å². The molecule has 1 aliphatic heterocycles. The summed E-state index contributed by atoms with van der Waals surface area (Å²) in [4.78, 5) is 16.6. The Hall–Kier alpha value is -1.12. The van der Waals surface area contributed by atoms with E-state index in [1.54, 1.807) is 4.90 Å². The van der Waals surface area contributed by atoms with Gasteiger partial charge in [0.05, 0.1) is 12.6 Å². The molecule has 5 heteroatoms. The minimum absolute atomic E-state index is 0.0128. The van der Waals surface area contributed by atoms with Crippen LogP contribution in [0.1, 0.15) is 46.0 Å². The van der Waals surface area contributed by atoms with Gasteiger partial charge in [-0.05, 0) is 26.7 Å². The highest BCUT2D eigenvalue weighted by Gasteiger charge is 2.40. The van der Waals surface area contributed by atoms with E-state index in [4.69, 9.17) is 0 Å². The van der Waals surface area contributed by atoms with Crippen LogP contribution in [0.3, 0.4) is 0 Å². The van der Waals surface area contributed by atoms with Crippen LogP contribution < -0.4 is 5.32 Å². The molecule has 2 aliphatic rings. The van der Waals surface area contributed by atoms with E-state index in [0.717, 1.165) is 45.3 Å². The standard InChI is InChI=1S/C16H28N4O/c1-15(2)13-18-9-10-20(15)11-14(21)19(3)16(12-17)7-5-4-6-8-16/h18H,4-11,13H2,1-3H3. The van der Waals surface area contributed by atoms with Crippen LogP contribution in [-0.4, -0.2) is 60.0 Å². The zero-order valence-corrected chi connectivity index (χ0v) is 13.6. The van der Waals surface area contributed by atoms with Crippen molar-refractivity contribution in [3.8, 4) is 6.07 Å². The van der Waals surface area contributed by atoms with Gasteiger partial charge in [0.1, 0.15) is 5.54 Å². The van der Waals surface area contributed by atoms with E-state index in [2.05, 4.69) is 30.1 Å². The average molecular weight is 292 g/mol. The zero-order chi connectivity index (χ0) is 15.5. The molecule has 21 heavy (non-hydrogen) atoms. The lowest BCUT2D eigenvalue weighted by molar-refractivity contribution is -0.137. The Morgan fingerprint density at radius 2 is 2.00 bits per heavy atom. The van der Waals surface area contributed by atoms with Crippen molar-refractivity contribution in [3.63, 3.8) is 0 Å². The molecule has 118 valence electrons. The third kappa shape index (κ3) is 3.38. The first-order valence-corrected chi connectivity index (χ1v) is 8.05. The molecule has 0 bridgehead atoms. The number of hydrogen-bond donors (Lipinski definition) is 1. The van der Waals surface area contributed by atoms with Crippen molar-refractivity contribution in [3.05, 3.63) is 0 Å². The van der Waals surface area contributed by atoms with Crippen LogP contribution in [0.25, 0.3) is 0 Å². The summed E-state index contributed by atoms with van der Waals surface area (Å²) in [5, 5.41) is 13.0. The van der Waals surface area contributed by atoms with Crippen LogP contribution in [0.5, 0.6) is 0 Å². The van der Waals surface area contributed by atoms with Gasteiger partial charge in [0.15, 0.2) is 0 Å². The third-order valence-electron chi connectivity index (χ3n) is 5.20. The number of carbonyl (C=O) groups excluding carboxylic acids is 1. The maximum absolute atomic E-state index is 12.7. The summed E-state index contributed by atoms with van der Waals surface area (Å²) >= 11 is 0. The molecule has 0 aromatic rings. The quantitative estimate of drug-likeness (QED) is 0.853. The average Bonchev–Trinajstić information content (AvgIpc) is 2.49. The van der Waals surface area contributed by atoms with Gasteiger partial charge < -0.3 is 10.2 Å². The fraction of sp³-hybridized carbons (Fsp3) is 0.875. The van der Waals surface area contributed by atoms with Crippen molar-refractivity contribution >= 4 is 5.91 Å². The highest BCUT2D eigenvalue weighted by Crippen LogP contribution is 2.32. The molecule has 1 aliphatic carbocycles. The molecule has 1 N–H and O–H groups in total. The second-order valence-corrected chi connectivity index (χ2v) is 7.07. The lowest BCUT2D eigenvalue weighted by Crippen LogP contribution is -2.61. The fourth-order valence-corrected chi connectivity index (χ4v) is 3.48. The van der Waals surface area contributed by atoms with Crippen LogP contribution in [0.15, 0.2) is 0 Å². The molecule has 1 amide bonds. The van der Waals surface area contributed by atoms with E-state index in [0.29, 0.717) is 6.54 Å². The molecule has 1 saturated carbocycles. The van der Waals surface area contributed by atoms with Gasteiger partial charge in [-0.1, -0.05) is 19.3 Å². The molecule has 1 saturated heterocycles. The molecule has 0 radical (unpaired) electrons. The van der Waals surface area contributed by atoms with Crippen LogP contribution in [0.2, 0.25) is 0 Å². The highest BCUT2D eigenvalue weighted by atomic mass is 16.2. The molecule has 0 atom stereocenters. The SMILES string of the molecule is CN(C(=O)CN1CCNCC1(C)C)C1(C#N)CCCCC1. The predicted molar refractivity (Wildman–Crippen MR) is 82.7 cm³/mol. The molecule has 2 fully saturated rings. The lowest BCUT2D eigenvalue weighted by Gasteiger charge is -2.45. The topological polar surface area (TPSA) is 59.4 Å². The van der Waals surface area contributed by atoms with E-state index in [1.807, 2.05) is 7.05 Å². The summed E-state index contributed by atoms with van der Waals surface area (Å²) in [6.07, 6.45) is 4.90. The van der Waals surface area contributed by atoms with Gasteiger partial charge in [-0.15, -0.1) is 0 Å². The number of nitrogens with one attached hydrogen (secondary N) is 1. The maximum atomic E-state index is 12.7. The molecular formula is C16H28N4O. The number of hydrogen-bond acceptors (Lipinski definition) is 4. The van der Waals surface area contributed by atoms with Gasteiger partial charge >= 0.3 is 0 Å². The summed E-state index contributed by atoms with van der Waals surface area (Å²) in [7, 11) is 1.81. The molecule has 0 aromatic heterocycles. The van der Waals surface area contributed by atoms with Crippen molar-refractivity contribution in [2.24, 2.45) is 0 Å². The Labute approximate surface area is 128 Å². The fourth-order valence-electron chi connectivity index (χ4n) is 3.48. The molecular weight excluding hydrogens is 264 g/mol. The van der Waals surface area contributed by atoms with E-state index >= 15 is 0 Å². The minimum atomic E-state index is -0.576. The minimum Gasteiger partial charge on any atom is -0.326 e. The number of nitrogens with zero attached hydrogens (tertiary/aromatic N) is 3. The summed E-state index contributed by atoms with van der Waals surface area (Å²) in [5.74, 6) is 0.0772. The van der Waals surface area contributed by atoms with Crippen LogP contribution >= 0.6 is 0 Å². The van der Waals surface area contributed by atoms with Gasteiger partial charge in [0, 0.05) is 32.2 Å². The first-order chi connectivity index (χ1) is 9.91. The van der Waals surface area contributed by atoms with Crippen LogP contribution in [0.4, 0.5) is 0 Å². The first-order valence-electron chi connectivity index (χ1n) is 8.05. The van der Waals surface area contributed by atoms with Gasteiger partial charge in [0.25, 0.3) is 0 Å². The smallest absolute Gasteiger partial charge is 0.237 e. The monoisotopic (exact) mass is 292 g/mol. The van der Waals surface area contributed by atoms with Gasteiger partial charge in [-0.2, -0.15) is 5.26 Å². The number of nitriles is 1.